The molecular weight excluding hydrogens is 277 g/mol. The van der Waals surface area contributed by atoms with E-state index in [9.17, 15) is 4.39 Å². The Balaban J connectivity index is 1.84. The van der Waals surface area contributed by atoms with Crippen LogP contribution in [0.4, 0.5) is 10.1 Å². The molecule has 3 heteroatoms. The summed E-state index contributed by atoms with van der Waals surface area (Å²) in [5, 5.41) is 0. The van der Waals surface area contributed by atoms with Crippen molar-refractivity contribution in [2.75, 3.05) is 5.73 Å². The van der Waals surface area contributed by atoms with Gasteiger partial charge in [-0.2, -0.15) is 0 Å². The fraction of sp³-hybridized carbons (Fsp3) is 0.0526. The van der Waals surface area contributed by atoms with Crippen LogP contribution in [-0.4, -0.2) is 0 Å². The van der Waals surface area contributed by atoms with Crippen molar-refractivity contribution in [3.63, 3.8) is 0 Å². The number of rotatable bonds is 4. The third kappa shape index (κ3) is 3.09. The summed E-state index contributed by atoms with van der Waals surface area (Å²) in [7, 11) is 0. The molecule has 0 saturated carbocycles. The number of halogens is 1. The number of ether oxygens (including phenoxy) is 1. The highest BCUT2D eigenvalue weighted by molar-refractivity contribution is 5.77. The van der Waals surface area contributed by atoms with Crippen LogP contribution in [0.3, 0.4) is 0 Å². The number of benzene rings is 3. The molecule has 110 valence electrons. The van der Waals surface area contributed by atoms with E-state index in [0.29, 0.717) is 29.2 Å². The maximum Gasteiger partial charge on any atom is 0.133 e. The number of hydrogen-bond donors (Lipinski definition) is 1. The van der Waals surface area contributed by atoms with Crippen LogP contribution < -0.4 is 10.5 Å². The second-order valence-electron chi connectivity index (χ2n) is 5.01. The molecule has 22 heavy (non-hydrogen) atoms. The number of nitrogens with two attached hydrogens (primary N) is 1. The first-order chi connectivity index (χ1) is 10.7. The Morgan fingerprint density at radius 3 is 2.41 bits per heavy atom. The van der Waals surface area contributed by atoms with E-state index in [4.69, 9.17) is 10.5 Å². The van der Waals surface area contributed by atoms with Gasteiger partial charge in [0.05, 0.1) is 0 Å². The molecular formula is C19H16FNO. The van der Waals surface area contributed by atoms with Crippen molar-refractivity contribution in [1.29, 1.82) is 0 Å². The number of anilines is 1. The normalized spacial score (nSPS) is 10.4. The number of nitrogen functional groups attached to an aromatic ring is 1. The zero-order chi connectivity index (χ0) is 15.4. The smallest absolute Gasteiger partial charge is 0.133 e. The van der Waals surface area contributed by atoms with Gasteiger partial charge in [-0.1, -0.05) is 48.5 Å². The molecule has 0 fully saturated rings. The van der Waals surface area contributed by atoms with Crippen LogP contribution in [0.2, 0.25) is 0 Å². The second-order valence-corrected chi connectivity index (χ2v) is 5.01. The van der Waals surface area contributed by atoms with Gasteiger partial charge in [0.15, 0.2) is 0 Å². The molecule has 2 nitrogen and oxygen atoms in total. The van der Waals surface area contributed by atoms with Crippen molar-refractivity contribution in [3.05, 3.63) is 84.2 Å². The van der Waals surface area contributed by atoms with E-state index in [-0.39, 0.29) is 5.82 Å². The fourth-order valence-electron chi connectivity index (χ4n) is 2.33. The molecule has 0 saturated heterocycles. The van der Waals surface area contributed by atoms with Gasteiger partial charge in [-0.3, -0.25) is 0 Å². The van der Waals surface area contributed by atoms with Crippen LogP contribution in [0.25, 0.3) is 11.1 Å². The van der Waals surface area contributed by atoms with E-state index in [1.165, 1.54) is 6.07 Å². The summed E-state index contributed by atoms with van der Waals surface area (Å²) in [6.45, 7) is 0.469. The summed E-state index contributed by atoms with van der Waals surface area (Å²) in [5.74, 6) is 0.351. The average Bonchev–Trinajstić information content (AvgIpc) is 2.54. The Kier molecular flexibility index (Phi) is 4.05. The highest BCUT2D eigenvalue weighted by Crippen LogP contribution is 2.31. The maximum atomic E-state index is 14.0. The zero-order valence-electron chi connectivity index (χ0n) is 12.0. The van der Waals surface area contributed by atoms with Crippen molar-refractivity contribution in [3.8, 4) is 16.9 Å². The molecule has 0 aliphatic heterocycles. The van der Waals surface area contributed by atoms with Crippen LogP contribution >= 0.6 is 0 Å². The predicted octanol–water partition coefficient (Wildman–Crippen LogP) is 4.65. The molecule has 0 aliphatic rings. The Morgan fingerprint density at radius 1 is 0.864 bits per heavy atom. The summed E-state index contributed by atoms with van der Waals surface area (Å²) in [6.07, 6.45) is 0. The van der Waals surface area contributed by atoms with Crippen molar-refractivity contribution >= 4 is 5.69 Å². The van der Waals surface area contributed by atoms with Gasteiger partial charge in [-0.15, -0.1) is 0 Å². The van der Waals surface area contributed by atoms with E-state index in [1.54, 1.807) is 18.2 Å². The molecule has 2 N–H and O–H groups in total. The molecule has 0 radical (unpaired) electrons. The molecule has 0 unspecified atom stereocenters. The topological polar surface area (TPSA) is 35.2 Å². The van der Waals surface area contributed by atoms with E-state index >= 15 is 0 Å². The fourth-order valence-corrected chi connectivity index (χ4v) is 2.33. The molecule has 3 aromatic rings. The third-order valence-corrected chi connectivity index (χ3v) is 3.42. The lowest BCUT2D eigenvalue weighted by Crippen LogP contribution is -1.96. The quantitative estimate of drug-likeness (QED) is 0.710. The molecule has 0 spiro atoms. The predicted molar refractivity (Wildman–Crippen MR) is 87.0 cm³/mol. The first-order valence-electron chi connectivity index (χ1n) is 7.05. The van der Waals surface area contributed by atoms with Crippen molar-refractivity contribution < 1.29 is 9.13 Å². The summed E-state index contributed by atoms with van der Waals surface area (Å²) < 4.78 is 19.8. The molecule has 0 atom stereocenters. The average molecular weight is 293 g/mol. The van der Waals surface area contributed by atoms with Gasteiger partial charge in [0.2, 0.25) is 0 Å². The molecule has 0 heterocycles. The third-order valence-electron chi connectivity index (χ3n) is 3.42. The minimum absolute atomic E-state index is 0.333. The summed E-state index contributed by atoms with van der Waals surface area (Å²) >= 11 is 0. The van der Waals surface area contributed by atoms with Gasteiger partial charge in [-0.05, 0) is 35.4 Å². The Hall–Kier alpha value is -2.81. The van der Waals surface area contributed by atoms with E-state index in [2.05, 4.69) is 0 Å². The highest BCUT2D eigenvalue weighted by Gasteiger charge is 2.09. The Morgan fingerprint density at radius 2 is 1.64 bits per heavy atom. The van der Waals surface area contributed by atoms with Crippen LogP contribution in [0.1, 0.15) is 5.56 Å². The van der Waals surface area contributed by atoms with Gasteiger partial charge in [-0.25, -0.2) is 4.39 Å². The van der Waals surface area contributed by atoms with E-state index in [0.717, 1.165) is 5.56 Å². The molecule has 0 amide bonds. The molecule has 0 bridgehead atoms. The lowest BCUT2D eigenvalue weighted by atomic mass is 10.0. The molecule has 3 rings (SSSR count). The van der Waals surface area contributed by atoms with Gasteiger partial charge in [0.25, 0.3) is 0 Å². The van der Waals surface area contributed by atoms with Crippen molar-refractivity contribution in [1.82, 2.24) is 0 Å². The van der Waals surface area contributed by atoms with Crippen LogP contribution in [0.15, 0.2) is 72.8 Å². The maximum absolute atomic E-state index is 14.0. The summed E-state index contributed by atoms with van der Waals surface area (Å²) in [4.78, 5) is 0. The minimum Gasteiger partial charge on any atom is -0.489 e. The largest absolute Gasteiger partial charge is 0.489 e. The van der Waals surface area contributed by atoms with Gasteiger partial charge >= 0.3 is 0 Å². The van der Waals surface area contributed by atoms with E-state index < -0.39 is 0 Å². The highest BCUT2D eigenvalue weighted by atomic mass is 19.1. The van der Waals surface area contributed by atoms with Crippen LogP contribution in [-0.2, 0) is 6.61 Å². The first kappa shape index (κ1) is 14.1. The molecule has 0 aromatic heterocycles. The van der Waals surface area contributed by atoms with Crippen molar-refractivity contribution in [2.24, 2.45) is 0 Å². The molecule has 0 aliphatic carbocycles. The van der Waals surface area contributed by atoms with Gasteiger partial charge in [0.1, 0.15) is 18.2 Å². The second kappa shape index (κ2) is 6.31. The first-order valence-corrected chi connectivity index (χ1v) is 7.05. The SMILES string of the molecule is Nc1cccc(F)c1-c1cccc(OCc2ccccc2)c1. The molecule has 3 aromatic carbocycles. The van der Waals surface area contributed by atoms with Gasteiger partial charge in [0, 0.05) is 11.3 Å². The standard InChI is InChI=1S/C19H16FNO/c20-17-10-5-11-18(21)19(17)15-8-4-9-16(12-15)22-13-14-6-2-1-3-7-14/h1-12H,13,21H2. The minimum atomic E-state index is -0.333. The van der Waals surface area contributed by atoms with Crippen molar-refractivity contribution in [2.45, 2.75) is 6.61 Å². The summed E-state index contributed by atoms with van der Waals surface area (Å²) in [5.41, 5.74) is 8.51. The monoisotopic (exact) mass is 293 g/mol. The lowest BCUT2D eigenvalue weighted by Gasteiger charge is -2.10. The Labute approximate surface area is 129 Å². The van der Waals surface area contributed by atoms with Crippen LogP contribution in [0.5, 0.6) is 5.75 Å². The zero-order valence-corrected chi connectivity index (χ0v) is 12.0. The number of hydrogen-bond acceptors (Lipinski definition) is 2. The van der Waals surface area contributed by atoms with Crippen LogP contribution in [0, 0.1) is 5.82 Å². The van der Waals surface area contributed by atoms with Gasteiger partial charge < -0.3 is 10.5 Å². The summed E-state index contributed by atoms with van der Waals surface area (Å²) in [6, 6.07) is 21.9. The Bertz CT molecular complexity index is 751. The van der Waals surface area contributed by atoms with E-state index in [1.807, 2.05) is 48.5 Å². The lowest BCUT2D eigenvalue weighted by molar-refractivity contribution is 0.306.